The van der Waals surface area contributed by atoms with E-state index in [1.165, 1.54) is 0 Å². The molecule has 1 aromatic heterocycles. The highest BCUT2D eigenvalue weighted by atomic mass is 16.1. The first kappa shape index (κ1) is 13.8. The third kappa shape index (κ3) is 3.23. The molecule has 1 heterocycles. The predicted molar refractivity (Wildman–Crippen MR) is 76.0 cm³/mol. The van der Waals surface area contributed by atoms with E-state index in [-0.39, 0.29) is 5.91 Å². The second-order valence-electron chi connectivity index (χ2n) is 4.35. The predicted octanol–water partition coefficient (Wildman–Crippen LogP) is 2.35. The van der Waals surface area contributed by atoms with Crippen molar-refractivity contribution < 1.29 is 4.79 Å². The number of hydrogen-bond donors (Lipinski definition) is 1. The third-order valence-corrected chi connectivity index (χ3v) is 3.02. The van der Waals surface area contributed by atoms with Crippen molar-refractivity contribution in [2.45, 2.75) is 26.3 Å². The lowest BCUT2D eigenvalue weighted by Gasteiger charge is -2.08. The van der Waals surface area contributed by atoms with Gasteiger partial charge in [-0.3, -0.25) is 4.79 Å². The van der Waals surface area contributed by atoms with Crippen molar-refractivity contribution in [2.75, 3.05) is 5.32 Å². The number of anilines is 1. The van der Waals surface area contributed by atoms with Crippen molar-refractivity contribution in [3.05, 3.63) is 48.0 Å². The van der Waals surface area contributed by atoms with Crippen molar-refractivity contribution in [3.63, 3.8) is 0 Å². The highest BCUT2D eigenvalue weighted by Gasteiger charge is 2.07. The summed E-state index contributed by atoms with van der Waals surface area (Å²) in [5, 5.41) is 11.7. The molecule has 0 aliphatic heterocycles. The molecule has 2 aromatic rings. The monoisotopic (exact) mass is 268 g/mol. The number of amides is 1. The molecular weight excluding hydrogens is 252 g/mol. The largest absolute Gasteiger partial charge is 0.334 e. The highest BCUT2D eigenvalue weighted by molar-refractivity contribution is 5.92. The molecule has 0 aliphatic carbocycles. The van der Waals surface area contributed by atoms with Gasteiger partial charge in [-0.05, 0) is 12.1 Å². The lowest BCUT2D eigenvalue weighted by molar-refractivity contribution is -0.116. The van der Waals surface area contributed by atoms with Crippen LogP contribution < -0.4 is 5.32 Å². The van der Waals surface area contributed by atoms with Crippen LogP contribution in [0.1, 0.15) is 24.7 Å². The molecule has 0 bridgehead atoms. The van der Waals surface area contributed by atoms with Crippen LogP contribution in [-0.4, -0.2) is 15.5 Å². The van der Waals surface area contributed by atoms with Crippen LogP contribution in [0.15, 0.2) is 36.7 Å². The number of aromatic nitrogens is 2. The molecule has 102 valence electrons. The Labute approximate surface area is 117 Å². The summed E-state index contributed by atoms with van der Waals surface area (Å²) in [5.41, 5.74) is 1.03. The van der Waals surface area contributed by atoms with E-state index in [4.69, 9.17) is 5.26 Å². The minimum atomic E-state index is -0.108. The van der Waals surface area contributed by atoms with E-state index in [2.05, 4.69) is 16.4 Å². The number of carbonyl (C=O) groups excluding carboxylic acids is 1. The normalized spacial score (nSPS) is 10.0. The summed E-state index contributed by atoms with van der Waals surface area (Å²) in [6, 6.07) is 9.03. The van der Waals surface area contributed by atoms with Crippen LogP contribution in [-0.2, 0) is 17.8 Å². The maximum absolute atomic E-state index is 11.9. The summed E-state index contributed by atoms with van der Waals surface area (Å²) >= 11 is 0. The number of imidazole rings is 1. The van der Waals surface area contributed by atoms with Gasteiger partial charge in [0.15, 0.2) is 0 Å². The Morgan fingerprint density at radius 1 is 1.45 bits per heavy atom. The number of hydrogen-bond acceptors (Lipinski definition) is 3. The van der Waals surface area contributed by atoms with Crippen LogP contribution in [0.2, 0.25) is 0 Å². The Hall–Kier alpha value is -2.61. The van der Waals surface area contributed by atoms with E-state index in [1.54, 1.807) is 30.5 Å². The van der Waals surface area contributed by atoms with Gasteiger partial charge in [0, 0.05) is 31.8 Å². The van der Waals surface area contributed by atoms with E-state index < -0.39 is 0 Å². The van der Waals surface area contributed by atoms with Gasteiger partial charge in [-0.2, -0.15) is 5.26 Å². The molecular formula is C15H16N4O. The molecule has 2 rings (SSSR count). The number of nitrogens with one attached hydrogen (secondary N) is 1. The molecule has 5 heteroatoms. The second-order valence-corrected chi connectivity index (χ2v) is 4.35. The fourth-order valence-electron chi connectivity index (χ4n) is 1.98. The lowest BCUT2D eigenvalue weighted by atomic mass is 10.2. The second kappa shape index (κ2) is 6.53. The Bertz CT molecular complexity index is 639. The molecule has 1 amide bonds. The van der Waals surface area contributed by atoms with Crippen molar-refractivity contribution in [1.29, 1.82) is 5.26 Å². The number of para-hydroxylation sites is 1. The van der Waals surface area contributed by atoms with Gasteiger partial charge >= 0.3 is 0 Å². The molecule has 0 aliphatic rings. The third-order valence-electron chi connectivity index (χ3n) is 3.02. The SMILES string of the molecule is CCc1nccn1CCC(=O)Nc1ccccc1C#N. The zero-order chi connectivity index (χ0) is 14.4. The van der Waals surface area contributed by atoms with E-state index in [9.17, 15) is 4.79 Å². The Morgan fingerprint density at radius 3 is 3.00 bits per heavy atom. The van der Waals surface area contributed by atoms with Gasteiger partial charge in [0.2, 0.25) is 5.91 Å². The average molecular weight is 268 g/mol. The van der Waals surface area contributed by atoms with Gasteiger partial charge in [-0.1, -0.05) is 19.1 Å². The van der Waals surface area contributed by atoms with Crippen LogP contribution in [0.5, 0.6) is 0 Å². The van der Waals surface area contributed by atoms with Gasteiger partial charge < -0.3 is 9.88 Å². The van der Waals surface area contributed by atoms with E-state index >= 15 is 0 Å². The molecule has 0 atom stereocenters. The summed E-state index contributed by atoms with van der Waals surface area (Å²) in [4.78, 5) is 16.1. The molecule has 0 unspecified atom stereocenters. The lowest BCUT2D eigenvalue weighted by Crippen LogP contribution is -2.15. The number of benzene rings is 1. The summed E-state index contributed by atoms with van der Waals surface area (Å²) < 4.78 is 1.97. The van der Waals surface area contributed by atoms with Gasteiger partial charge in [-0.15, -0.1) is 0 Å². The van der Waals surface area contributed by atoms with Crippen LogP contribution in [0.4, 0.5) is 5.69 Å². The Kier molecular flexibility index (Phi) is 4.51. The smallest absolute Gasteiger partial charge is 0.226 e. The Morgan fingerprint density at radius 2 is 2.25 bits per heavy atom. The molecule has 1 N–H and O–H groups in total. The number of carbonyl (C=O) groups is 1. The van der Waals surface area contributed by atoms with Gasteiger partial charge in [0.1, 0.15) is 11.9 Å². The first-order valence-corrected chi connectivity index (χ1v) is 6.53. The first-order valence-electron chi connectivity index (χ1n) is 6.53. The summed E-state index contributed by atoms with van der Waals surface area (Å²) in [6.07, 6.45) is 4.80. The maximum Gasteiger partial charge on any atom is 0.226 e. The molecule has 5 nitrogen and oxygen atoms in total. The van der Waals surface area contributed by atoms with E-state index in [0.717, 1.165) is 12.2 Å². The van der Waals surface area contributed by atoms with Gasteiger partial charge in [0.05, 0.1) is 11.3 Å². The number of rotatable bonds is 5. The fraction of sp³-hybridized carbons (Fsp3) is 0.267. The zero-order valence-electron chi connectivity index (χ0n) is 11.3. The zero-order valence-corrected chi connectivity index (χ0v) is 11.3. The molecule has 0 fully saturated rings. The topological polar surface area (TPSA) is 70.7 Å². The standard InChI is InChI=1S/C15H16N4O/c1-2-14-17-8-10-19(14)9-7-15(20)18-13-6-4-3-5-12(13)11-16/h3-6,8,10H,2,7,9H2,1H3,(H,18,20). The van der Waals surface area contributed by atoms with E-state index in [1.807, 2.05) is 17.7 Å². The number of nitriles is 1. The van der Waals surface area contributed by atoms with E-state index in [0.29, 0.717) is 24.2 Å². The minimum Gasteiger partial charge on any atom is -0.334 e. The maximum atomic E-state index is 11.9. The summed E-state index contributed by atoms with van der Waals surface area (Å²) in [6.45, 7) is 2.62. The number of aryl methyl sites for hydroxylation is 2. The first-order chi connectivity index (χ1) is 9.74. The Balaban J connectivity index is 1.95. The minimum absolute atomic E-state index is 0.108. The van der Waals surface area contributed by atoms with Crippen LogP contribution in [0, 0.1) is 11.3 Å². The molecule has 20 heavy (non-hydrogen) atoms. The van der Waals surface area contributed by atoms with Crippen molar-refractivity contribution in [3.8, 4) is 6.07 Å². The van der Waals surface area contributed by atoms with Gasteiger partial charge in [0.25, 0.3) is 0 Å². The number of nitrogens with zero attached hydrogens (tertiary/aromatic N) is 3. The van der Waals surface area contributed by atoms with Crippen LogP contribution in [0.25, 0.3) is 0 Å². The van der Waals surface area contributed by atoms with Gasteiger partial charge in [-0.25, -0.2) is 4.98 Å². The van der Waals surface area contributed by atoms with Crippen molar-refractivity contribution in [1.82, 2.24) is 9.55 Å². The molecule has 0 saturated carbocycles. The molecule has 0 radical (unpaired) electrons. The van der Waals surface area contributed by atoms with Crippen molar-refractivity contribution in [2.24, 2.45) is 0 Å². The quantitative estimate of drug-likeness (QED) is 0.904. The molecule has 1 aromatic carbocycles. The average Bonchev–Trinajstić information content (AvgIpc) is 2.93. The summed E-state index contributed by atoms with van der Waals surface area (Å²) in [5.74, 6) is 0.860. The van der Waals surface area contributed by atoms with Crippen LogP contribution >= 0.6 is 0 Å². The summed E-state index contributed by atoms with van der Waals surface area (Å²) in [7, 11) is 0. The molecule has 0 saturated heterocycles. The molecule has 0 spiro atoms. The van der Waals surface area contributed by atoms with Crippen LogP contribution in [0.3, 0.4) is 0 Å². The van der Waals surface area contributed by atoms with Crippen molar-refractivity contribution >= 4 is 11.6 Å². The fourth-order valence-corrected chi connectivity index (χ4v) is 1.98. The highest BCUT2D eigenvalue weighted by Crippen LogP contribution is 2.13.